The van der Waals surface area contributed by atoms with Crippen LogP contribution in [-0.2, 0) is 4.79 Å². The Bertz CT molecular complexity index is 827. The third-order valence-electron chi connectivity index (χ3n) is 3.49. The normalized spacial score (nSPS) is 10.9. The first-order chi connectivity index (χ1) is 11.4. The van der Waals surface area contributed by atoms with Crippen molar-refractivity contribution in [3.63, 3.8) is 0 Å². The van der Waals surface area contributed by atoms with Gasteiger partial charge in [-0.05, 0) is 50.1 Å². The van der Waals surface area contributed by atoms with E-state index in [1.165, 1.54) is 11.8 Å². The second kappa shape index (κ2) is 7.67. The average molecular weight is 340 g/mol. The van der Waals surface area contributed by atoms with Gasteiger partial charge in [-0.2, -0.15) is 5.26 Å². The lowest BCUT2D eigenvalue weighted by atomic mass is 10.1. The number of benzene rings is 2. The Morgan fingerprint density at radius 1 is 1.17 bits per heavy atom. The van der Waals surface area contributed by atoms with Crippen LogP contribution in [0.5, 0.6) is 0 Å². The third-order valence-corrected chi connectivity index (χ3v) is 3.72. The van der Waals surface area contributed by atoms with Crippen LogP contribution in [0.3, 0.4) is 0 Å². The highest BCUT2D eigenvalue weighted by Gasteiger charge is 2.10. The average Bonchev–Trinajstić information content (AvgIpc) is 2.49. The van der Waals surface area contributed by atoms with E-state index in [-0.39, 0.29) is 5.57 Å². The molecule has 2 aromatic carbocycles. The fourth-order valence-corrected chi connectivity index (χ4v) is 2.66. The van der Waals surface area contributed by atoms with E-state index in [1.807, 2.05) is 39.0 Å². The van der Waals surface area contributed by atoms with Crippen LogP contribution >= 0.6 is 11.6 Å². The van der Waals surface area contributed by atoms with E-state index in [9.17, 15) is 10.1 Å². The van der Waals surface area contributed by atoms with Crippen molar-refractivity contribution >= 4 is 28.9 Å². The molecule has 0 atom stereocenters. The number of halogens is 1. The number of nitrogens with zero attached hydrogens (tertiary/aromatic N) is 1. The Morgan fingerprint density at radius 2 is 1.83 bits per heavy atom. The predicted molar refractivity (Wildman–Crippen MR) is 98.1 cm³/mol. The number of hydrogen-bond donors (Lipinski definition) is 2. The van der Waals surface area contributed by atoms with Gasteiger partial charge in [0, 0.05) is 22.6 Å². The molecule has 0 saturated heterocycles. The Balaban J connectivity index is 2.18. The molecule has 0 fully saturated rings. The van der Waals surface area contributed by atoms with E-state index in [4.69, 9.17) is 11.6 Å². The summed E-state index contributed by atoms with van der Waals surface area (Å²) in [4.78, 5) is 12.2. The predicted octanol–water partition coefficient (Wildman–Crippen LogP) is 4.72. The molecule has 0 radical (unpaired) electrons. The largest absolute Gasteiger partial charge is 0.360 e. The molecular weight excluding hydrogens is 322 g/mol. The number of aryl methyl sites for hydroxylation is 3. The summed E-state index contributed by atoms with van der Waals surface area (Å²) in [6, 6.07) is 12.8. The van der Waals surface area contributed by atoms with Crippen LogP contribution in [0.1, 0.15) is 16.7 Å². The monoisotopic (exact) mass is 339 g/mol. The molecule has 0 unspecified atom stereocenters. The van der Waals surface area contributed by atoms with Crippen LogP contribution in [0.2, 0.25) is 5.02 Å². The van der Waals surface area contributed by atoms with Crippen LogP contribution < -0.4 is 10.6 Å². The standard InChI is InChI=1S/C19H18ClN3O/c1-12-7-13(2)18(14(3)8-12)22-11-15(10-21)19(24)23-17-6-4-5-16(20)9-17/h4-9,11,22H,1-3H3,(H,23,24). The minimum Gasteiger partial charge on any atom is -0.360 e. The number of nitriles is 1. The summed E-state index contributed by atoms with van der Waals surface area (Å²) in [5.41, 5.74) is 4.68. The van der Waals surface area contributed by atoms with Gasteiger partial charge in [0.15, 0.2) is 0 Å². The Hall–Kier alpha value is -2.77. The van der Waals surface area contributed by atoms with Gasteiger partial charge in [-0.25, -0.2) is 0 Å². The van der Waals surface area contributed by atoms with Crippen molar-refractivity contribution < 1.29 is 4.79 Å². The maximum atomic E-state index is 12.2. The first kappa shape index (κ1) is 17.6. The first-order valence-corrected chi connectivity index (χ1v) is 7.80. The SMILES string of the molecule is Cc1cc(C)c(NC=C(C#N)C(=O)Nc2cccc(Cl)c2)c(C)c1. The Labute approximate surface area is 146 Å². The molecule has 2 rings (SSSR count). The van der Waals surface area contributed by atoms with Crippen LogP contribution in [-0.4, -0.2) is 5.91 Å². The summed E-state index contributed by atoms with van der Waals surface area (Å²) < 4.78 is 0. The highest BCUT2D eigenvalue weighted by Crippen LogP contribution is 2.22. The van der Waals surface area contributed by atoms with Gasteiger partial charge in [-0.15, -0.1) is 0 Å². The molecule has 0 aliphatic heterocycles. The summed E-state index contributed by atoms with van der Waals surface area (Å²) in [5, 5.41) is 15.5. The first-order valence-electron chi connectivity index (χ1n) is 7.42. The number of rotatable bonds is 4. The number of nitrogens with one attached hydrogen (secondary N) is 2. The molecule has 1 amide bonds. The minimum atomic E-state index is -0.491. The number of carbonyl (C=O) groups is 1. The molecule has 0 heterocycles. The van der Waals surface area contributed by atoms with Gasteiger partial charge in [0.1, 0.15) is 11.6 Å². The van der Waals surface area contributed by atoms with Gasteiger partial charge in [0.05, 0.1) is 0 Å². The van der Waals surface area contributed by atoms with Crippen molar-refractivity contribution in [2.75, 3.05) is 10.6 Å². The zero-order valence-corrected chi connectivity index (χ0v) is 14.5. The molecule has 2 aromatic rings. The molecule has 5 heteroatoms. The maximum absolute atomic E-state index is 12.2. The van der Waals surface area contributed by atoms with Gasteiger partial charge in [0.25, 0.3) is 5.91 Å². The second-order valence-corrected chi connectivity index (χ2v) is 5.99. The van der Waals surface area contributed by atoms with E-state index < -0.39 is 5.91 Å². The molecule has 4 nitrogen and oxygen atoms in total. The van der Waals surface area contributed by atoms with Crippen LogP contribution in [0, 0.1) is 32.1 Å². The van der Waals surface area contributed by atoms with Gasteiger partial charge in [-0.1, -0.05) is 35.4 Å². The van der Waals surface area contributed by atoms with Gasteiger partial charge >= 0.3 is 0 Å². The number of hydrogen-bond acceptors (Lipinski definition) is 3. The van der Waals surface area contributed by atoms with E-state index in [2.05, 4.69) is 10.6 Å². The van der Waals surface area contributed by atoms with Crippen molar-refractivity contribution in [2.45, 2.75) is 20.8 Å². The lowest BCUT2D eigenvalue weighted by Crippen LogP contribution is -2.14. The number of amides is 1. The lowest BCUT2D eigenvalue weighted by molar-refractivity contribution is -0.112. The van der Waals surface area contributed by atoms with Gasteiger partial charge in [0.2, 0.25) is 0 Å². The number of carbonyl (C=O) groups excluding carboxylic acids is 1. The molecule has 0 bridgehead atoms. The highest BCUT2D eigenvalue weighted by molar-refractivity contribution is 6.31. The molecule has 24 heavy (non-hydrogen) atoms. The summed E-state index contributed by atoms with van der Waals surface area (Å²) in [6.45, 7) is 5.99. The fourth-order valence-electron chi connectivity index (χ4n) is 2.47. The van der Waals surface area contributed by atoms with Crippen molar-refractivity contribution in [1.29, 1.82) is 5.26 Å². The third kappa shape index (κ3) is 4.37. The number of anilines is 2. The summed E-state index contributed by atoms with van der Waals surface area (Å²) in [7, 11) is 0. The van der Waals surface area contributed by atoms with Crippen LogP contribution in [0.4, 0.5) is 11.4 Å². The Kier molecular flexibility index (Phi) is 5.62. The van der Waals surface area contributed by atoms with Gasteiger partial charge in [-0.3, -0.25) is 4.79 Å². The van der Waals surface area contributed by atoms with E-state index >= 15 is 0 Å². The smallest absolute Gasteiger partial charge is 0.267 e. The molecule has 0 spiro atoms. The van der Waals surface area contributed by atoms with E-state index in [0.29, 0.717) is 10.7 Å². The van der Waals surface area contributed by atoms with Crippen molar-refractivity contribution in [1.82, 2.24) is 0 Å². The quantitative estimate of drug-likeness (QED) is 0.625. The molecule has 0 aliphatic carbocycles. The summed E-state index contributed by atoms with van der Waals surface area (Å²) in [5.74, 6) is -0.491. The van der Waals surface area contributed by atoms with Crippen molar-refractivity contribution in [3.05, 3.63) is 69.9 Å². The van der Waals surface area contributed by atoms with Gasteiger partial charge < -0.3 is 10.6 Å². The molecule has 0 aromatic heterocycles. The maximum Gasteiger partial charge on any atom is 0.267 e. The molecule has 0 aliphatic rings. The molecular formula is C19H18ClN3O. The van der Waals surface area contributed by atoms with Crippen LogP contribution in [0.25, 0.3) is 0 Å². The highest BCUT2D eigenvalue weighted by atomic mass is 35.5. The summed E-state index contributed by atoms with van der Waals surface area (Å²) in [6.07, 6.45) is 1.42. The topological polar surface area (TPSA) is 64.9 Å². The van der Waals surface area contributed by atoms with Crippen LogP contribution in [0.15, 0.2) is 48.2 Å². The molecule has 122 valence electrons. The lowest BCUT2D eigenvalue weighted by Gasteiger charge is -2.11. The Morgan fingerprint density at radius 3 is 2.42 bits per heavy atom. The zero-order valence-electron chi connectivity index (χ0n) is 13.8. The summed E-state index contributed by atoms with van der Waals surface area (Å²) >= 11 is 5.89. The van der Waals surface area contributed by atoms with Crippen molar-refractivity contribution in [2.24, 2.45) is 0 Å². The van der Waals surface area contributed by atoms with E-state index in [1.54, 1.807) is 24.3 Å². The molecule has 2 N–H and O–H groups in total. The molecule has 0 saturated carbocycles. The zero-order chi connectivity index (χ0) is 17.7. The second-order valence-electron chi connectivity index (χ2n) is 5.55. The van der Waals surface area contributed by atoms with Crippen molar-refractivity contribution in [3.8, 4) is 6.07 Å². The fraction of sp³-hybridized carbons (Fsp3) is 0.158. The minimum absolute atomic E-state index is 0.0191. The van der Waals surface area contributed by atoms with E-state index in [0.717, 1.165) is 16.8 Å².